The molecule has 1 aromatic rings. The Morgan fingerprint density at radius 3 is 2.57 bits per heavy atom. The molecule has 0 saturated carbocycles. The minimum atomic E-state index is -3.24. The van der Waals surface area contributed by atoms with Crippen LogP contribution < -0.4 is 14.9 Å². The molecule has 0 radical (unpaired) electrons. The van der Waals surface area contributed by atoms with Crippen LogP contribution in [0.4, 0.5) is 11.4 Å². The second-order valence-corrected chi connectivity index (χ2v) is 10.9. The van der Waals surface area contributed by atoms with E-state index in [4.69, 9.17) is 4.74 Å². The van der Waals surface area contributed by atoms with Gasteiger partial charge in [0.15, 0.2) is 0 Å². The van der Waals surface area contributed by atoms with E-state index in [0.717, 1.165) is 23.5 Å². The lowest BCUT2D eigenvalue weighted by atomic mass is 10.1. The summed E-state index contributed by atoms with van der Waals surface area (Å²) in [6.45, 7) is 12.8. The number of carbonyl (C=O) groups excluding carboxylic acids is 1. The van der Waals surface area contributed by atoms with Gasteiger partial charge in [-0.2, -0.15) is 0 Å². The van der Waals surface area contributed by atoms with Gasteiger partial charge < -0.3 is 15.0 Å². The van der Waals surface area contributed by atoms with Crippen LogP contribution in [-0.2, 0) is 19.6 Å². The summed E-state index contributed by atoms with van der Waals surface area (Å²) in [6.07, 6.45) is 1.97. The van der Waals surface area contributed by atoms with E-state index in [9.17, 15) is 13.2 Å². The lowest BCUT2D eigenvalue weighted by Crippen LogP contribution is -2.52. The van der Waals surface area contributed by atoms with Gasteiger partial charge in [-0.3, -0.25) is 4.79 Å². The molecule has 0 aromatic heterocycles. The van der Waals surface area contributed by atoms with E-state index >= 15 is 0 Å². The molecule has 1 aliphatic heterocycles. The average molecular weight is 440 g/mol. The molecule has 30 heavy (non-hydrogen) atoms. The van der Waals surface area contributed by atoms with Crippen LogP contribution in [0.2, 0.25) is 0 Å². The molecule has 1 amide bonds. The molecule has 170 valence electrons. The standard InChI is InChI=1S/C22H37N3O4S/c1-15(2)30(27,28)23-12-8-7-9-22(26)24-21-11-10-20(13-16(21)3)25-14-17(4)29-19(6)18(25)5/h10-11,13,15,17-19,23H,7-9,12,14H2,1-6H3,(H,24,26). The van der Waals surface area contributed by atoms with Crippen molar-refractivity contribution in [3.8, 4) is 0 Å². The Kier molecular flexibility index (Phi) is 8.70. The third-order valence-corrected chi connectivity index (χ3v) is 7.49. The summed E-state index contributed by atoms with van der Waals surface area (Å²) >= 11 is 0. The van der Waals surface area contributed by atoms with Gasteiger partial charge in [-0.25, -0.2) is 13.1 Å². The van der Waals surface area contributed by atoms with Crippen molar-refractivity contribution in [2.75, 3.05) is 23.3 Å². The van der Waals surface area contributed by atoms with E-state index in [0.29, 0.717) is 25.8 Å². The summed E-state index contributed by atoms with van der Waals surface area (Å²) in [4.78, 5) is 14.6. The van der Waals surface area contributed by atoms with E-state index in [2.05, 4.69) is 41.8 Å². The topological polar surface area (TPSA) is 87.7 Å². The minimum Gasteiger partial charge on any atom is -0.372 e. The third-order valence-electron chi connectivity index (χ3n) is 5.64. The number of sulfonamides is 1. The van der Waals surface area contributed by atoms with Crippen LogP contribution in [0.1, 0.15) is 59.4 Å². The Labute approximate surface area is 181 Å². The number of aryl methyl sites for hydroxylation is 1. The first-order valence-corrected chi connectivity index (χ1v) is 12.4. The van der Waals surface area contributed by atoms with E-state index in [-0.39, 0.29) is 24.2 Å². The van der Waals surface area contributed by atoms with Crippen LogP contribution in [0.5, 0.6) is 0 Å². The largest absolute Gasteiger partial charge is 0.372 e. The molecule has 1 heterocycles. The molecule has 2 N–H and O–H groups in total. The zero-order valence-electron chi connectivity index (χ0n) is 19.1. The van der Waals surface area contributed by atoms with Crippen molar-refractivity contribution in [1.82, 2.24) is 4.72 Å². The van der Waals surface area contributed by atoms with E-state index < -0.39 is 15.3 Å². The van der Waals surface area contributed by atoms with Crippen LogP contribution in [0.25, 0.3) is 0 Å². The van der Waals surface area contributed by atoms with Crippen LogP contribution >= 0.6 is 0 Å². The molecule has 8 heteroatoms. The Bertz CT molecular complexity index is 826. The quantitative estimate of drug-likeness (QED) is 0.576. The van der Waals surface area contributed by atoms with Crippen molar-refractivity contribution in [2.45, 2.75) is 84.3 Å². The Morgan fingerprint density at radius 1 is 1.23 bits per heavy atom. The number of ether oxygens (including phenoxy) is 1. The zero-order valence-corrected chi connectivity index (χ0v) is 19.9. The van der Waals surface area contributed by atoms with Crippen LogP contribution in [0, 0.1) is 6.92 Å². The number of hydrogen-bond donors (Lipinski definition) is 2. The Hall–Kier alpha value is -1.64. The van der Waals surface area contributed by atoms with Gasteiger partial charge >= 0.3 is 0 Å². The first kappa shape index (κ1) is 24.6. The molecule has 3 unspecified atom stereocenters. The molecule has 3 atom stereocenters. The lowest BCUT2D eigenvalue weighted by Gasteiger charge is -2.42. The monoisotopic (exact) mass is 439 g/mol. The number of nitrogens with one attached hydrogen (secondary N) is 2. The van der Waals surface area contributed by atoms with Gasteiger partial charge in [0, 0.05) is 30.9 Å². The van der Waals surface area contributed by atoms with Crippen LogP contribution in [-0.4, -0.2) is 50.9 Å². The molecule has 1 fully saturated rings. The molecule has 1 aliphatic rings. The van der Waals surface area contributed by atoms with Crippen molar-refractivity contribution in [3.63, 3.8) is 0 Å². The highest BCUT2D eigenvalue weighted by molar-refractivity contribution is 7.90. The lowest BCUT2D eigenvalue weighted by molar-refractivity contribution is -0.116. The van der Waals surface area contributed by atoms with E-state index in [1.54, 1.807) is 13.8 Å². The van der Waals surface area contributed by atoms with Gasteiger partial charge in [0.05, 0.1) is 23.5 Å². The maximum absolute atomic E-state index is 12.3. The highest BCUT2D eigenvalue weighted by atomic mass is 32.2. The fourth-order valence-corrected chi connectivity index (χ4v) is 4.29. The van der Waals surface area contributed by atoms with Gasteiger partial charge in [-0.1, -0.05) is 0 Å². The molecule has 1 saturated heterocycles. The molecule has 0 bridgehead atoms. The minimum absolute atomic E-state index is 0.0560. The summed E-state index contributed by atoms with van der Waals surface area (Å²) in [6, 6.07) is 6.40. The number of morpholine rings is 1. The predicted molar refractivity (Wildman–Crippen MR) is 123 cm³/mol. The van der Waals surface area contributed by atoms with Gasteiger partial charge in [0.1, 0.15) is 0 Å². The maximum Gasteiger partial charge on any atom is 0.224 e. The van der Waals surface area contributed by atoms with E-state index in [1.807, 2.05) is 19.1 Å². The van der Waals surface area contributed by atoms with E-state index in [1.165, 1.54) is 0 Å². The molecular weight excluding hydrogens is 402 g/mol. The number of carbonyl (C=O) groups is 1. The van der Waals surface area contributed by atoms with Gasteiger partial charge in [0.25, 0.3) is 0 Å². The van der Waals surface area contributed by atoms with Crippen LogP contribution in [0.3, 0.4) is 0 Å². The highest BCUT2D eigenvalue weighted by Gasteiger charge is 2.29. The normalized spacial score (nSPS) is 22.4. The first-order valence-electron chi connectivity index (χ1n) is 10.8. The fraction of sp³-hybridized carbons (Fsp3) is 0.682. The van der Waals surface area contributed by atoms with Crippen molar-refractivity contribution in [1.29, 1.82) is 0 Å². The smallest absolute Gasteiger partial charge is 0.224 e. The summed E-state index contributed by atoms with van der Waals surface area (Å²) in [5.41, 5.74) is 2.97. The van der Waals surface area contributed by atoms with Crippen LogP contribution in [0.15, 0.2) is 18.2 Å². The van der Waals surface area contributed by atoms with Crippen molar-refractivity contribution in [2.24, 2.45) is 0 Å². The summed E-state index contributed by atoms with van der Waals surface area (Å²) in [5, 5.41) is 2.53. The number of hydrogen-bond acceptors (Lipinski definition) is 5. The number of rotatable bonds is 9. The highest BCUT2D eigenvalue weighted by Crippen LogP contribution is 2.28. The number of unbranched alkanes of at least 4 members (excludes halogenated alkanes) is 1. The molecule has 0 spiro atoms. The number of nitrogens with zero attached hydrogens (tertiary/aromatic N) is 1. The number of anilines is 2. The SMILES string of the molecule is Cc1cc(N2CC(C)OC(C)C2C)ccc1NC(=O)CCCCNS(=O)(=O)C(C)C. The van der Waals surface area contributed by atoms with Crippen molar-refractivity contribution < 1.29 is 17.9 Å². The van der Waals surface area contributed by atoms with Gasteiger partial charge in [-0.05, 0) is 78.1 Å². The average Bonchev–Trinajstić information content (AvgIpc) is 2.65. The summed E-state index contributed by atoms with van der Waals surface area (Å²) in [5.74, 6) is -0.0560. The fourth-order valence-electron chi connectivity index (χ4n) is 3.53. The summed E-state index contributed by atoms with van der Waals surface area (Å²) < 4.78 is 31.9. The molecular formula is C22H37N3O4S. The second kappa shape index (κ2) is 10.6. The molecule has 7 nitrogen and oxygen atoms in total. The first-order chi connectivity index (χ1) is 14.0. The number of benzene rings is 1. The second-order valence-electron chi connectivity index (χ2n) is 8.54. The number of amides is 1. The van der Waals surface area contributed by atoms with Gasteiger partial charge in [0.2, 0.25) is 15.9 Å². The van der Waals surface area contributed by atoms with Gasteiger partial charge in [-0.15, -0.1) is 0 Å². The van der Waals surface area contributed by atoms with Crippen molar-refractivity contribution in [3.05, 3.63) is 23.8 Å². The zero-order chi connectivity index (χ0) is 22.5. The molecule has 1 aromatic carbocycles. The van der Waals surface area contributed by atoms with Crippen molar-refractivity contribution >= 4 is 27.3 Å². The molecule has 0 aliphatic carbocycles. The molecule has 2 rings (SSSR count). The Balaban J connectivity index is 1.85. The maximum atomic E-state index is 12.3. The summed E-state index contributed by atoms with van der Waals surface area (Å²) in [7, 11) is -3.24. The predicted octanol–water partition coefficient (Wildman–Crippen LogP) is 3.43. The third kappa shape index (κ3) is 6.68. The Morgan fingerprint density at radius 2 is 1.93 bits per heavy atom.